The molecule has 45 heteroatoms. The van der Waals surface area contributed by atoms with Crippen molar-refractivity contribution in [2.75, 3.05) is 0 Å². The first-order chi connectivity index (χ1) is 30.5. The van der Waals surface area contributed by atoms with Gasteiger partial charge in [-0.25, -0.2) is 0 Å². The van der Waals surface area contributed by atoms with Crippen molar-refractivity contribution in [3.05, 3.63) is 0 Å². The van der Waals surface area contributed by atoms with Crippen molar-refractivity contribution in [2.45, 2.75) is 164 Å². The molecule has 1 heterocycles. The largest absolute Gasteiger partial charge is 0.486 e. The van der Waals surface area contributed by atoms with Crippen LogP contribution < -0.4 is 0 Å². The van der Waals surface area contributed by atoms with E-state index in [1.54, 1.807) is 0 Å². The first-order valence-corrected chi connectivity index (χ1v) is 24.4. The van der Waals surface area contributed by atoms with Crippen molar-refractivity contribution in [3.8, 4) is 0 Å². The molecule has 1 aliphatic rings. The second-order valence-corrected chi connectivity index (χ2v) is 25.9. The SMILES string of the molecule is C[Si]1(C)O[Si](C)(C(F)(F)C(F)(F)C(F)(F)C(F)(F)C(F)(F)CCC(F)(F)F)O[Si](C(F)(F)C(F)(F)C(F)(F)C(F)(F)C(F)(F)CCC(F)(F)F)(C(F)(F)C(F)(F)C(F)(F)C(F)(F)C(F)(F)CCC(F)(F)F)O1. The molecule has 0 aromatic rings. The average molecular weight is 1220 g/mol. The number of hydrogen-bond acceptors (Lipinski definition) is 3. The lowest BCUT2D eigenvalue weighted by molar-refractivity contribution is -0.407. The molecule has 0 N–H and O–H groups in total. The molecule has 0 saturated carbocycles. The molecule has 3 nitrogen and oxygen atoms in total. The Hall–Kier alpha value is -2.20. The summed E-state index contributed by atoms with van der Waals surface area (Å²) in [4.78, 5) is 0. The van der Waals surface area contributed by atoms with Crippen LogP contribution in [-0.2, 0) is 12.3 Å². The summed E-state index contributed by atoms with van der Waals surface area (Å²) in [6.45, 7) is -3.95. The van der Waals surface area contributed by atoms with Gasteiger partial charge in [-0.15, -0.1) is 0 Å². The van der Waals surface area contributed by atoms with E-state index >= 15 is 52.7 Å². The Labute approximate surface area is 374 Å². The predicted molar refractivity (Wildman–Crippen MR) is 158 cm³/mol. The van der Waals surface area contributed by atoms with Gasteiger partial charge < -0.3 is 12.3 Å². The maximum absolute atomic E-state index is 16.3. The Morgan fingerprint density at radius 1 is 0.236 bits per heavy atom. The van der Waals surface area contributed by atoms with Gasteiger partial charge in [0.1, 0.15) is 0 Å². The maximum Gasteiger partial charge on any atom is 0.486 e. The van der Waals surface area contributed by atoms with Gasteiger partial charge in [-0.05, 0) is 19.6 Å². The van der Waals surface area contributed by atoms with E-state index < -0.39 is 190 Å². The Morgan fingerprint density at radius 2 is 0.444 bits per heavy atom. The molecule has 0 bridgehead atoms. The maximum atomic E-state index is 16.3. The van der Waals surface area contributed by atoms with Gasteiger partial charge in [0.05, 0.1) is 0 Å². The Balaban J connectivity index is 4.85. The van der Waals surface area contributed by atoms with Crippen molar-refractivity contribution >= 4 is 25.7 Å². The van der Waals surface area contributed by atoms with Crippen LogP contribution in [0.1, 0.15) is 38.5 Å². The summed E-state index contributed by atoms with van der Waals surface area (Å²) in [5.41, 5.74) is -28.4. The highest BCUT2D eigenvalue weighted by molar-refractivity contribution is 6.96. The van der Waals surface area contributed by atoms with Gasteiger partial charge in [0.15, 0.2) is 0 Å². The molecule has 0 aliphatic carbocycles. The minimum absolute atomic E-state index is 1.02. The van der Waals surface area contributed by atoms with Crippen LogP contribution in [0.2, 0.25) is 19.6 Å². The number of halogens is 39. The van der Waals surface area contributed by atoms with Crippen molar-refractivity contribution < 1.29 is 184 Å². The first-order valence-electron chi connectivity index (χ1n) is 17.5. The third-order valence-electron chi connectivity index (χ3n) is 9.66. The number of hydrogen-bond donors (Lipinski definition) is 0. The van der Waals surface area contributed by atoms with Gasteiger partial charge in [0.25, 0.3) is 0 Å². The van der Waals surface area contributed by atoms with Crippen LogP contribution in [0, 0.1) is 0 Å². The highest BCUT2D eigenvalue weighted by atomic mass is 28.5. The second-order valence-electron chi connectivity index (χ2n) is 15.6. The van der Waals surface area contributed by atoms with E-state index in [-0.39, 0.29) is 0 Å². The minimum Gasteiger partial charge on any atom is -0.412 e. The summed E-state index contributed by atoms with van der Waals surface area (Å²) < 4.78 is 572. The zero-order valence-corrected chi connectivity index (χ0v) is 36.7. The molecule has 1 atom stereocenters. The topological polar surface area (TPSA) is 27.7 Å². The molecule has 0 aromatic carbocycles. The van der Waals surface area contributed by atoms with Crippen molar-refractivity contribution in [1.29, 1.82) is 0 Å². The van der Waals surface area contributed by atoms with E-state index in [2.05, 4.69) is 12.3 Å². The van der Waals surface area contributed by atoms with Crippen LogP contribution >= 0.6 is 0 Å². The standard InChI is InChI=1S/C27H21F39O3Si3/c1-70(2)67-71(3,25(61,62)22(55,56)19(49,50)16(43,44)10(28,29)4-7-13(34,35)36)69-72(68-70,26(63,64)23(57,58)20(51,52)17(45,46)11(30,31)5-8-14(37,38)39)27(65,66)24(59,60)21(53,54)18(47,48)12(32,33)6-9-15(40,41)42/h4-9H2,1-3H3. The summed E-state index contributed by atoms with van der Waals surface area (Å²) in [5.74, 6) is -107. The Kier molecular flexibility index (Phi) is 16.9. The molecule has 1 fully saturated rings. The molecular weight excluding hydrogens is 1200 g/mol. The highest BCUT2D eigenvalue weighted by Crippen LogP contribution is 2.69. The monoisotopic (exact) mass is 1220 g/mol. The van der Waals surface area contributed by atoms with Crippen LogP contribution in [0.25, 0.3) is 0 Å². The van der Waals surface area contributed by atoms with Gasteiger partial charge in [-0.2, -0.15) is 171 Å². The molecule has 72 heavy (non-hydrogen) atoms. The lowest BCUT2D eigenvalue weighted by atomic mass is 9.95. The molecule has 0 spiro atoms. The van der Waals surface area contributed by atoms with E-state index in [0.29, 0.717) is 0 Å². The smallest absolute Gasteiger partial charge is 0.412 e. The van der Waals surface area contributed by atoms with Crippen molar-refractivity contribution in [3.63, 3.8) is 0 Å². The van der Waals surface area contributed by atoms with E-state index in [9.17, 15) is 119 Å². The van der Waals surface area contributed by atoms with Crippen LogP contribution in [0.5, 0.6) is 0 Å². The van der Waals surface area contributed by atoms with E-state index in [1.165, 1.54) is 0 Å². The highest BCUT2D eigenvalue weighted by Gasteiger charge is 3.03. The first kappa shape index (κ1) is 67.8. The Morgan fingerprint density at radius 3 is 0.653 bits per heavy atom. The summed E-state index contributed by atoms with van der Waals surface area (Å²) in [6.07, 6.45) is -42.0. The molecule has 1 saturated heterocycles. The van der Waals surface area contributed by atoms with Crippen LogP contribution in [0.4, 0.5) is 171 Å². The van der Waals surface area contributed by atoms with Gasteiger partial charge in [-0.1, -0.05) is 0 Å². The molecule has 0 aromatic heterocycles. The third kappa shape index (κ3) is 10.3. The molecule has 0 amide bonds. The molecule has 432 valence electrons. The molecule has 1 rings (SSSR count). The minimum atomic E-state index is -11.8. The van der Waals surface area contributed by atoms with Crippen LogP contribution in [-0.4, -0.2) is 132 Å². The summed E-state index contributed by atoms with van der Waals surface area (Å²) in [5, 5.41) is 0. The summed E-state index contributed by atoms with van der Waals surface area (Å²) in [6, 6.07) is 0. The van der Waals surface area contributed by atoms with Crippen LogP contribution in [0.15, 0.2) is 0 Å². The van der Waals surface area contributed by atoms with Crippen molar-refractivity contribution in [2.24, 2.45) is 0 Å². The second kappa shape index (κ2) is 17.9. The quantitative estimate of drug-likeness (QED) is 0.0847. The van der Waals surface area contributed by atoms with Gasteiger partial charge in [0, 0.05) is 38.5 Å². The summed E-state index contributed by atoms with van der Waals surface area (Å²) >= 11 is 0. The van der Waals surface area contributed by atoms with Gasteiger partial charge >= 0.3 is 132 Å². The van der Waals surface area contributed by atoms with Crippen LogP contribution in [0.3, 0.4) is 0 Å². The molecular formula is C27H21F39O3Si3. The Bertz CT molecular complexity index is 1840. The zero-order valence-electron chi connectivity index (χ0n) is 33.7. The average Bonchev–Trinajstić information content (AvgIpc) is 3.12. The van der Waals surface area contributed by atoms with E-state index in [1.807, 2.05) is 0 Å². The fourth-order valence-electron chi connectivity index (χ4n) is 5.67. The van der Waals surface area contributed by atoms with Crippen molar-refractivity contribution in [1.82, 2.24) is 0 Å². The lowest BCUT2D eigenvalue weighted by Crippen LogP contribution is -2.91. The predicted octanol–water partition coefficient (Wildman–Crippen LogP) is 15.4. The van der Waals surface area contributed by atoms with Gasteiger partial charge in [0.2, 0.25) is 0 Å². The molecule has 1 unspecified atom stereocenters. The molecule has 1 aliphatic heterocycles. The fraction of sp³-hybridized carbons (Fsp3) is 1.00. The zero-order chi connectivity index (χ0) is 58.9. The van der Waals surface area contributed by atoms with E-state index in [0.717, 1.165) is 0 Å². The van der Waals surface area contributed by atoms with Gasteiger partial charge in [-0.3, -0.25) is 0 Å². The summed E-state index contributed by atoms with van der Waals surface area (Å²) in [7, 11) is -29.0. The normalized spacial score (nSPS) is 21.1. The fourth-order valence-corrected chi connectivity index (χ4v) is 21.4. The lowest BCUT2D eigenvalue weighted by Gasteiger charge is -2.58. The number of alkyl halides is 39. The third-order valence-corrected chi connectivity index (χ3v) is 22.7. The van der Waals surface area contributed by atoms with E-state index in [4.69, 9.17) is 0 Å². The molecule has 0 radical (unpaired) electrons. The number of rotatable bonds is 21.